The summed E-state index contributed by atoms with van der Waals surface area (Å²) < 4.78 is 0. The Balaban J connectivity index is 3.22. The number of benzene rings is 1. The number of nitrogens with two attached hydrogens (primary N) is 1. The summed E-state index contributed by atoms with van der Waals surface area (Å²) in [6.45, 7) is 9.94. The summed E-state index contributed by atoms with van der Waals surface area (Å²) in [5, 5.41) is 0. The minimum atomic E-state index is 0.108. The number of allylic oxidation sites excluding steroid dienone is 1. The van der Waals surface area contributed by atoms with Crippen LogP contribution in [0.5, 0.6) is 0 Å². The Morgan fingerprint density at radius 2 is 1.61 bits per heavy atom. The van der Waals surface area contributed by atoms with Crippen LogP contribution in [0.4, 0.5) is 0 Å². The van der Waals surface area contributed by atoms with Gasteiger partial charge in [-0.3, -0.25) is 0 Å². The lowest BCUT2D eigenvalue weighted by Crippen LogP contribution is -2.36. The first kappa shape index (κ1) is 15.0. The van der Waals surface area contributed by atoms with Crippen molar-refractivity contribution in [1.29, 1.82) is 0 Å². The Bertz CT molecular complexity index is 354. The summed E-state index contributed by atoms with van der Waals surface area (Å²) in [4.78, 5) is 0. The third kappa shape index (κ3) is 3.02. The summed E-state index contributed by atoms with van der Waals surface area (Å²) in [5.74, 6) is 1.13. The topological polar surface area (TPSA) is 26.0 Å². The van der Waals surface area contributed by atoms with Crippen LogP contribution < -0.4 is 5.73 Å². The monoisotopic (exact) mass is 245 g/mol. The van der Waals surface area contributed by atoms with Gasteiger partial charge >= 0.3 is 0 Å². The lowest BCUT2D eigenvalue weighted by atomic mass is 9.64. The molecule has 0 aromatic heterocycles. The highest BCUT2D eigenvalue weighted by atomic mass is 14.5. The van der Waals surface area contributed by atoms with Crippen molar-refractivity contribution in [3.63, 3.8) is 0 Å². The van der Waals surface area contributed by atoms with E-state index in [1.165, 1.54) is 5.56 Å². The second kappa shape index (κ2) is 6.75. The molecule has 0 spiro atoms. The van der Waals surface area contributed by atoms with Gasteiger partial charge in [0.15, 0.2) is 0 Å². The molecule has 0 aliphatic heterocycles. The normalized spacial score (nSPS) is 12.8. The number of hydrogen-bond acceptors (Lipinski definition) is 1. The fourth-order valence-electron chi connectivity index (χ4n) is 2.92. The second-order valence-electron chi connectivity index (χ2n) is 5.59. The predicted octanol–water partition coefficient (Wildman–Crippen LogP) is 4.14. The van der Waals surface area contributed by atoms with Gasteiger partial charge in [-0.15, -0.1) is 0 Å². The van der Waals surface area contributed by atoms with Crippen LogP contribution in [0, 0.1) is 11.8 Å². The van der Waals surface area contributed by atoms with E-state index < -0.39 is 0 Å². The molecule has 0 saturated heterocycles. The highest BCUT2D eigenvalue weighted by Gasteiger charge is 2.35. The third-order valence-corrected chi connectivity index (χ3v) is 3.91. The van der Waals surface area contributed by atoms with E-state index in [4.69, 9.17) is 5.73 Å². The largest absolute Gasteiger partial charge is 0.330 e. The lowest BCUT2D eigenvalue weighted by molar-refractivity contribution is 0.284. The molecule has 100 valence electrons. The molecule has 1 aromatic carbocycles. The Labute approximate surface area is 112 Å². The molecule has 1 aromatic rings. The summed E-state index contributed by atoms with van der Waals surface area (Å²) in [7, 11) is 0. The first-order valence-corrected chi connectivity index (χ1v) is 6.99. The van der Waals surface area contributed by atoms with Crippen LogP contribution in [0.15, 0.2) is 42.5 Å². The van der Waals surface area contributed by atoms with Gasteiger partial charge in [-0.25, -0.2) is 0 Å². The third-order valence-electron chi connectivity index (χ3n) is 3.91. The zero-order valence-corrected chi connectivity index (χ0v) is 12.2. The molecule has 0 radical (unpaired) electrons. The summed E-state index contributed by atoms with van der Waals surface area (Å²) in [6, 6.07) is 10.8. The Morgan fingerprint density at radius 1 is 1.06 bits per heavy atom. The minimum Gasteiger partial charge on any atom is -0.330 e. The predicted molar refractivity (Wildman–Crippen MR) is 80.6 cm³/mol. The van der Waals surface area contributed by atoms with Crippen molar-refractivity contribution in [2.75, 3.05) is 6.54 Å². The van der Waals surface area contributed by atoms with Gasteiger partial charge in [-0.1, -0.05) is 70.2 Å². The average molecular weight is 245 g/mol. The molecule has 0 fully saturated rings. The van der Waals surface area contributed by atoms with E-state index >= 15 is 0 Å². The standard InChI is InChI=1S/C17H27N/c1-14(2)17(15(3)4,12-8-9-13-18)16-10-6-5-7-11-16/h5-8,10-12,14-15H,9,13,18H2,1-4H3. The van der Waals surface area contributed by atoms with Gasteiger partial charge in [0, 0.05) is 5.41 Å². The van der Waals surface area contributed by atoms with Gasteiger partial charge in [0.05, 0.1) is 0 Å². The average Bonchev–Trinajstić information content (AvgIpc) is 2.35. The van der Waals surface area contributed by atoms with E-state index in [0.717, 1.165) is 13.0 Å². The van der Waals surface area contributed by atoms with Crippen LogP contribution in [0.2, 0.25) is 0 Å². The smallest absolute Gasteiger partial charge is 0.0178 e. The minimum absolute atomic E-state index is 0.108. The molecule has 0 aliphatic rings. The molecule has 18 heavy (non-hydrogen) atoms. The van der Waals surface area contributed by atoms with Crippen molar-refractivity contribution in [2.24, 2.45) is 17.6 Å². The lowest BCUT2D eigenvalue weighted by Gasteiger charge is -2.40. The van der Waals surface area contributed by atoms with Crippen molar-refractivity contribution in [1.82, 2.24) is 0 Å². The summed E-state index contributed by atoms with van der Waals surface area (Å²) in [6.07, 6.45) is 5.57. The Morgan fingerprint density at radius 3 is 2.06 bits per heavy atom. The molecule has 1 heteroatoms. The number of hydrogen-bond donors (Lipinski definition) is 1. The SMILES string of the molecule is CC(C)C(C=CCCN)(c1ccccc1)C(C)C. The quantitative estimate of drug-likeness (QED) is 0.749. The van der Waals surface area contributed by atoms with Crippen LogP contribution in [0.25, 0.3) is 0 Å². The van der Waals surface area contributed by atoms with Crippen LogP contribution in [0.3, 0.4) is 0 Å². The Kier molecular flexibility index (Phi) is 5.61. The molecular formula is C17H27N. The van der Waals surface area contributed by atoms with Crippen molar-refractivity contribution in [2.45, 2.75) is 39.5 Å². The summed E-state index contributed by atoms with van der Waals surface area (Å²) >= 11 is 0. The summed E-state index contributed by atoms with van der Waals surface area (Å²) in [5.41, 5.74) is 7.11. The van der Waals surface area contributed by atoms with Gasteiger partial charge in [-0.2, -0.15) is 0 Å². The first-order chi connectivity index (χ1) is 8.55. The second-order valence-corrected chi connectivity index (χ2v) is 5.59. The maximum Gasteiger partial charge on any atom is 0.0178 e. The molecule has 0 atom stereocenters. The van der Waals surface area contributed by atoms with Crippen LogP contribution in [0.1, 0.15) is 39.7 Å². The van der Waals surface area contributed by atoms with Crippen LogP contribution >= 0.6 is 0 Å². The molecule has 2 N–H and O–H groups in total. The fraction of sp³-hybridized carbons (Fsp3) is 0.529. The van der Waals surface area contributed by atoms with Crippen molar-refractivity contribution < 1.29 is 0 Å². The number of rotatable bonds is 6. The van der Waals surface area contributed by atoms with E-state index in [-0.39, 0.29) is 5.41 Å². The molecule has 0 bridgehead atoms. The van der Waals surface area contributed by atoms with E-state index in [1.54, 1.807) is 0 Å². The van der Waals surface area contributed by atoms with Crippen molar-refractivity contribution in [3.05, 3.63) is 48.0 Å². The maximum atomic E-state index is 5.60. The van der Waals surface area contributed by atoms with Gasteiger partial charge in [-0.05, 0) is 30.4 Å². The Hall–Kier alpha value is -1.08. The molecular weight excluding hydrogens is 218 g/mol. The maximum absolute atomic E-state index is 5.60. The highest BCUT2D eigenvalue weighted by Crippen LogP contribution is 2.40. The molecule has 0 amide bonds. The van der Waals surface area contributed by atoms with E-state index in [1.807, 2.05) is 0 Å². The zero-order chi connectivity index (χ0) is 13.6. The van der Waals surface area contributed by atoms with Gasteiger partial charge in [0.25, 0.3) is 0 Å². The van der Waals surface area contributed by atoms with Crippen LogP contribution in [-0.2, 0) is 5.41 Å². The van der Waals surface area contributed by atoms with Crippen molar-refractivity contribution >= 4 is 0 Å². The van der Waals surface area contributed by atoms with E-state index in [2.05, 4.69) is 70.2 Å². The highest BCUT2D eigenvalue weighted by molar-refractivity contribution is 5.33. The molecule has 0 heterocycles. The molecule has 0 saturated carbocycles. The van der Waals surface area contributed by atoms with Gasteiger partial charge < -0.3 is 5.73 Å². The van der Waals surface area contributed by atoms with E-state index in [9.17, 15) is 0 Å². The van der Waals surface area contributed by atoms with Gasteiger partial charge in [0.2, 0.25) is 0 Å². The fourth-order valence-corrected chi connectivity index (χ4v) is 2.92. The van der Waals surface area contributed by atoms with Gasteiger partial charge in [0.1, 0.15) is 0 Å². The van der Waals surface area contributed by atoms with E-state index in [0.29, 0.717) is 11.8 Å². The zero-order valence-electron chi connectivity index (χ0n) is 12.2. The molecule has 0 unspecified atom stereocenters. The van der Waals surface area contributed by atoms with Crippen molar-refractivity contribution in [3.8, 4) is 0 Å². The first-order valence-electron chi connectivity index (χ1n) is 6.99. The molecule has 1 rings (SSSR count). The van der Waals surface area contributed by atoms with Crippen LogP contribution in [-0.4, -0.2) is 6.54 Å². The molecule has 0 aliphatic carbocycles. The molecule has 1 nitrogen and oxygen atoms in total.